The number of nitrogens with one attached hydrogen (secondary N) is 2. The quantitative estimate of drug-likeness (QED) is 0.515. The first-order valence-corrected chi connectivity index (χ1v) is 13.2. The number of halogens is 2. The van der Waals surface area contributed by atoms with E-state index in [1.165, 1.54) is 42.8 Å². The van der Waals surface area contributed by atoms with E-state index in [2.05, 4.69) is 15.5 Å². The maximum atomic E-state index is 14.0. The minimum atomic E-state index is -0.363. The van der Waals surface area contributed by atoms with Gasteiger partial charge in [-0.05, 0) is 81.0 Å². The Balaban J connectivity index is 1.32. The van der Waals surface area contributed by atoms with Crippen LogP contribution in [-0.4, -0.2) is 41.9 Å². The third-order valence-electron chi connectivity index (χ3n) is 7.76. The van der Waals surface area contributed by atoms with Crippen molar-refractivity contribution >= 4 is 11.8 Å². The Bertz CT molecular complexity index is 1030. The second-order valence-electron chi connectivity index (χ2n) is 10.6. The van der Waals surface area contributed by atoms with Crippen LogP contribution >= 0.6 is 0 Å². The Kier molecular flexibility index (Phi) is 8.72. The van der Waals surface area contributed by atoms with Crippen LogP contribution in [0.4, 0.5) is 8.78 Å². The summed E-state index contributed by atoms with van der Waals surface area (Å²) in [5.74, 6) is -0.718. The summed E-state index contributed by atoms with van der Waals surface area (Å²) in [5, 5.41) is 6.34. The predicted molar refractivity (Wildman–Crippen MR) is 136 cm³/mol. The lowest BCUT2D eigenvalue weighted by Crippen LogP contribution is -2.53. The van der Waals surface area contributed by atoms with Gasteiger partial charge in [0.15, 0.2) is 0 Å². The van der Waals surface area contributed by atoms with Gasteiger partial charge >= 0.3 is 0 Å². The monoisotopic (exact) mass is 497 g/mol. The van der Waals surface area contributed by atoms with E-state index in [-0.39, 0.29) is 40.9 Å². The van der Waals surface area contributed by atoms with Gasteiger partial charge in [-0.15, -0.1) is 0 Å². The van der Waals surface area contributed by atoms with Crippen molar-refractivity contribution in [3.8, 4) is 0 Å². The number of nitrogens with zero attached hydrogens (tertiary/aromatic N) is 1. The van der Waals surface area contributed by atoms with Crippen LogP contribution in [0.15, 0.2) is 48.5 Å². The van der Waals surface area contributed by atoms with E-state index in [9.17, 15) is 18.4 Å². The minimum Gasteiger partial charge on any atom is -0.349 e. The highest BCUT2D eigenvalue weighted by Gasteiger charge is 2.32. The lowest BCUT2D eigenvalue weighted by atomic mass is 9.88. The van der Waals surface area contributed by atoms with Gasteiger partial charge in [-0.1, -0.05) is 31.4 Å². The van der Waals surface area contributed by atoms with Crippen molar-refractivity contribution in [2.45, 2.75) is 69.9 Å². The van der Waals surface area contributed by atoms with E-state index >= 15 is 0 Å². The maximum absolute atomic E-state index is 14.0. The summed E-state index contributed by atoms with van der Waals surface area (Å²) in [5.41, 5.74) is 0.915. The number of hydrogen-bond donors (Lipinski definition) is 2. The number of likely N-dealkylation sites (tertiary alicyclic amines) is 1. The Labute approximate surface area is 212 Å². The van der Waals surface area contributed by atoms with E-state index < -0.39 is 0 Å². The SMILES string of the molecule is CC1(NC(=O)c2ccc(F)cc2)CCN(CC[C@H](NC(=O)C2CCCCC2)c2cccc(F)c2)CC1. The third kappa shape index (κ3) is 7.12. The Morgan fingerprint density at radius 1 is 1.00 bits per heavy atom. The summed E-state index contributed by atoms with van der Waals surface area (Å²) in [6.45, 7) is 4.44. The minimum absolute atomic E-state index is 0.0511. The fourth-order valence-corrected chi connectivity index (χ4v) is 5.35. The molecule has 1 atom stereocenters. The molecule has 2 N–H and O–H groups in total. The van der Waals surface area contributed by atoms with Crippen LogP contribution in [0.2, 0.25) is 0 Å². The summed E-state index contributed by atoms with van der Waals surface area (Å²) in [7, 11) is 0. The Morgan fingerprint density at radius 2 is 1.69 bits per heavy atom. The lowest BCUT2D eigenvalue weighted by Gasteiger charge is -2.40. The zero-order valence-corrected chi connectivity index (χ0v) is 21.1. The summed E-state index contributed by atoms with van der Waals surface area (Å²) >= 11 is 0. The molecule has 1 saturated carbocycles. The molecule has 1 saturated heterocycles. The maximum Gasteiger partial charge on any atom is 0.251 e. The molecule has 0 bridgehead atoms. The van der Waals surface area contributed by atoms with Gasteiger partial charge in [0.1, 0.15) is 11.6 Å². The van der Waals surface area contributed by atoms with Gasteiger partial charge in [0.05, 0.1) is 6.04 Å². The van der Waals surface area contributed by atoms with E-state index in [0.29, 0.717) is 12.0 Å². The molecule has 0 radical (unpaired) electrons. The molecule has 1 heterocycles. The number of rotatable bonds is 8. The average Bonchev–Trinajstić information content (AvgIpc) is 2.88. The second-order valence-corrected chi connectivity index (χ2v) is 10.6. The van der Waals surface area contributed by atoms with Crippen molar-refractivity contribution < 1.29 is 18.4 Å². The van der Waals surface area contributed by atoms with Crippen molar-refractivity contribution in [2.75, 3.05) is 19.6 Å². The number of carbonyl (C=O) groups is 2. The summed E-state index contributed by atoms with van der Waals surface area (Å²) < 4.78 is 27.1. The van der Waals surface area contributed by atoms with Crippen LogP contribution in [-0.2, 0) is 4.79 Å². The molecule has 194 valence electrons. The number of amides is 2. The van der Waals surface area contributed by atoms with Gasteiger partial charge in [-0.2, -0.15) is 0 Å². The highest BCUT2D eigenvalue weighted by Crippen LogP contribution is 2.27. The molecule has 0 unspecified atom stereocenters. The van der Waals surface area contributed by atoms with Gasteiger partial charge in [0.2, 0.25) is 5.91 Å². The molecule has 0 spiro atoms. The molecule has 2 aliphatic rings. The van der Waals surface area contributed by atoms with Crippen LogP contribution in [0.1, 0.15) is 80.3 Å². The standard InChI is InChI=1S/C29H37F2N3O2/c1-29(33-28(36)22-10-12-24(30)13-11-22)15-18-34(19-16-29)17-14-26(23-8-5-9-25(31)20-23)32-27(35)21-6-3-2-4-7-21/h5,8-13,20-21,26H,2-4,6-7,14-19H2,1H3,(H,32,35)(H,33,36)/t26-/m0/s1. The van der Waals surface area contributed by atoms with Crippen LogP contribution in [0.25, 0.3) is 0 Å². The second kappa shape index (κ2) is 12.0. The van der Waals surface area contributed by atoms with Crippen molar-refractivity contribution in [1.29, 1.82) is 0 Å². The van der Waals surface area contributed by atoms with Crippen molar-refractivity contribution in [3.05, 3.63) is 71.3 Å². The zero-order valence-electron chi connectivity index (χ0n) is 21.1. The first kappa shape index (κ1) is 26.3. The van der Waals surface area contributed by atoms with E-state index in [1.807, 2.05) is 13.0 Å². The van der Waals surface area contributed by atoms with Gasteiger partial charge < -0.3 is 15.5 Å². The number of carbonyl (C=O) groups excluding carboxylic acids is 2. The third-order valence-corrected chi connectivity index (χ3v) is 7.76. The molecule has 1 aliphatic carbocycles. The lowest BCUT2D eigenvalue weighted by molar-refractivity contribution is -0.126. The smallest absolute Gasteiger partial charge is 0.251 e. The molecule has 2 amide bonds. The fraction of sp³-hybridized carbons (Fsp3) is 0.517. The summed E-state index contributed by atoms with van der Waals surface area (Å²) in [6, 6.07) is 11.9. The normalized spacial score (nSPS) is 19.4. The molecule has 2 fully saturated rings. The van der Waals surface area contributed by atoms with Crippen molar-refractivity contribution in [3.63, 3.8) is 0 Å². The zero-order chi connectivity index (χ0) is 25.5. The van der Waals surface area contributed by atoms with Gasteiger partial charge in [-0.25, -0.2) is 8.78 Å². The van der Waals surface area contributed by atoms with Gasteiger partial charge in [-0.3, -0.25) is 9.59 Å². The first-order chi connectivity index (χ1) is 17.3. The first-order valence-electron chi connectivity index (χ1n) is 13.2. The molecular weight excluding hydrogens is 460 g/mol. The van der Waals surface area contributed by atoms with Crippen LogP contribution in [0, 0.1) is 17.6 Å². The van der Waals surface area contributed by atoms with Crippen LogP contribution in [0.5, 0.6) is 0 Å². The molecule has 1 aliphatic heterocycles. The number of hydrogen-bond acceptors (Lipinski definition) is 3. The number of benzene rings is 2. The molecule has 7 heteroatoms. The van der Waals surface area contributed by atoms with E-state index in [0.717, 1.165) is 63.7 Å². The van der Waals surface area contributed by atoms with Gasteiger partial charge in [0.25, 0.3) is 5.91 Å². The highest BCUT2D eigenvalue weighted by atomic mass is 19.1. The van der Waals surface area contributed by atoms with Gasteiger partial charge in [0, 0.05) is 36.7 Å². The predicted octanol–water partition coefficient (Wildman–Crippen LogP) is 5.38. The van der Waals surface area contributed by atoms with E-state index in [1.54, 1.807) is 6.07 Å². The molecule has 2 aromatic rings. The topological polar surface area (TPSA) is 61.4 Å². The Morgan fingerprint density at radius 3 is 2.36 bits per heavy atom. The molecule has 5 nitrogen and oxygen atoms in total. The Hall–Kier alpha value is -2.80. The highest BCUT2D eigenvalue weighted by molar-refractivity contribution is 5.94. The molecule has 2 aromatic carbocycles. The number of piperidine rings is 1. The van der Waals surface area contributed by atoms with Crippen molar-refractivity contribution in [1.82, 2.24) is 15.5 Å². The molecule has 4 rings (SSSR count). The van der Waals surface area contributed by atoms with Crippen LogP contribution in [0.3, 0.4) is 0 Å². The largest absolute Gasteiger partial charge is 0.349 e. The average molecular weight is 498 g/mol. The fourth-order valence-electron chi connectivity index (χ4n) is 5.35. The van der Waals surface area contributed by atoms with E-state index in [4.69, 9.17) is 0 Å². The molecule has 36 heavy (non-hydrogen) atoms. The summed E-state index contributed by atoms with van der Waals surface area (Å²) in [4.78, 5) is 27.9. The van der Waals surface area contributed by atoms with Crippen LogP contribution < -0.4 is 10.6 Å². The molecule has 0 aromatic heterocycles. The van der Waals surface area contributed by atoms with Crippen molar-refractivity contribution in [2.24, 2.45) is 5.92 Å². The summed E-state index contributed by atoms with van der Waals surface area (Å²) in [6.07, 6.45) is 7.50. The molecular formula is C29H37F2N3O2.